The molecule has 0 aliphatic carbocycles. The number of anilines is 1. The maximum absolute atomic E-state index is 12.5. The van der Waals surface area contributed by atoms with Crippen molar-refractivity contribution in [1.29, 1.82) is 0 Å². The third kappa shape index (κ3) is 2.89. The molecule has 0 bridgehead atoms. The summed E-state index contributed by atoms with van der Waals surface area (Å²) < 4.78 is 38.0. The molecule has 0 fully saturated rings. The van der Waals surface area contributed by atoms with Crippen molar-refractivity contribution in [3.8, 4) is 0 Å². The molecule has 2 aromatic rings. The summed E-state index contributed by atoms with van der Waals surface area (Å²) in [5.41, 5.74) is 4.83. The Labute approximate surface area is 103 Å². The lowest BCUT2D eigenvalue weighted by Crippen LogP contribution is -2.08. The van der Waals surface area contributed by atoms with Crippen LogP contribution in [0.4, 0.5) is 18.9 Å². The van der Waals surface area contributed by atoms with Crippen LogP contribution < -0.4 is 5.73 Å². The SMILES string of the molecule is Nc1cnc(C(F)(F)F)cc1Sc1nccs1. The smallest absolute Gasteiger partial charge is 0.397 e. The molecule has 0 unspecified atom stereocenters. The van der Waals surface area contributed by atoms with Crippen LogP contribution in [-0.4, -0.2) is 9.97 Å². The second-order valence-electron chi connectivity index (χ2n) is 3.01. The average molecular weight is 277 g/mol. The Morgan fingerprint density at radius 2 is 2.06 bits per heavy atom. The highest BCUT2D eigenvalue weighted by molar-refractivity contribution is 8.01. The van der Waals surface area contributed by atoms with Crippen LogP contribution >= 0.6 is 23.1 Å². The number of pyridine rings is 1. The predicted octanol–water partition coefficient (Wildman–Crippen LogP) is 3.29. The van der Waals surface area contributed by atoms with E-state index in [2.05, 4.69) is 9.97 Å². The number of halogens is 3. The Hall–Kier alpha value is -1.28. The Balaban J connectivity index is 2.33. The van der Waals surface area contributed by atoms with E-state index in [9.17, 15) is 13.2 Å². The number of aromatic nitrogens is 2. The number of alkyl halides is 3. The van der Waals surface area contributed by atoms with Gasteiger partial charge in [-0.15, -0.1) is 11.3 Å². The fraction of sp³-hybridized carbons (Fsp3) is 0.111. The maximum atomic E-state index is 12.5. The zero-order valence-electron chi connectivity index (χ0n) is 8.23. The summed E-state index contributed by atoms with van der Waals surface area (Å²) >= 11 is 2.43. The monoisotopic (exact) mass is 277 g/mol. The van der Waals surface area contributed by atoms with E-state index in [0.29, 0.717) is 9.24 Å². The van der Waals surface area contributed by atoms with Crippen molar-refractivity contribution in [3.63, 3.8) is 0 Å². The van der Waals surface area contributed by atoms with Gasteiger partial charge in [-0.1, -0.05) is 11.8 Å². The Morgan fingerprint density at radius 3 is 2.65 bits per heavy atom. The highest BCUT2D eigenvalue weighted by Gasteiger charge is 2.33. The van der Waals surface area contributed by atoms with E-state index in [1.54, 1.807) is 11.6 Å². The first-order valence-corrected chi connectivity index (χ1v) is 6.06. The van der Waals surface area contributed by atoms with Crippen molar-refractivity contribution < 1.29 is 13.2 Å². The summed E-state index contributed by atoms with van der Waals surface area (Å²) in [7, 11) is 0. The molecule has 0 atom stereocenters. The van der Waals surface area contributed by atoms with Crippen LogP contribution in [0.15, 0.2) is 33.1 Å². The molecule has 0 amide bonds. The molecule has 3 nitrogen and oxygen atoms in total. The minimum absolute atomic E-state index is 0.207. The molecular weight excluding hydrogens is 271 g/mol. The Morgan fingerprint density at radius 1 is 1.29 bits per heavy atom. The molecule has 2 aromatic heterocycles. The molecule has 0 saturated carbocycles. The number of rotatable bonds is 2. The van der Waals surface area contributed by atoms with E-state index in [-0.39, 0.29) is 5.69 Å². The topological polar surface area (TPSA) is 51.8 Å². The van der Waals surface area contributed by atoms with E-state index >= 15 is 0 Å². The number of nitrogens with zero attached hydrogens (tertiary/aromatic N) is 2. The molecule has 90 valence electrons. The van der Waals surface area contributed by atoms with Gasteiger partial charge in [-0.05, 0) is 6.07 Å². The Bertz CT molecular complexity index is 511. The average Bonchev–Trinajstić information content (AvgIpc) is 2.72. The van der Waals surface area contributed by atoms with Crippen molar-refractivity contribution in [3.05, 3.63) is 29.5 Å². The molecule has 2 heterocycles. The lowest BCUT2D eigenvalue weighted by Gasteiger charge is -2.08. The number of nitrogen functional groups attached to an aromatic ring is 1. The van der Waals surface area contributed by atoms with Crippen LogP contribution in [0.3, 0.4) is 0 Å². The minimum atomic E-state index is -4.47. The van der Waals surface area contributed by atoms with Gasteiger partial charge in [-0.25, -0.2) is 9.97 Å². The lowest BCUT2D eigenvalue weighted by atomic mass is 10.3. The van der Waals surface area contributed by atoms with E-state index in [4.69, 9.17) is 5.73 Å². The maximum Gasteiger partial charge on any atom is 0.433 e. The number of hydrogen-bond donors (Lipinski definition) is 1. The molecule has 0 aliphatic rings. The first kappa shape index (κ1) is 12.2. The zero-order valence-corrected chi connectivity index (χ0v) is 9.86. The molecule has 0 spiro atoms. The van der Waals surface area contributed by atoms with Gasteiger partial charge in [0.1, 0.15) is 5.69 Å². The Kier molecular flexibility index (Phi) is 3.25. The van der Waals surface area contributed by atoms with Gasteiger partial charge in [0, 0.05) is 16.5 Å². The number of thiazole rings is 1. The summed E-state index contributed by atoms with van der Waals surface area (Å²) in [5, 5.41) is 1.74. The van der Waals surface area contributed by atoms with E-state index in [0.717, 1.165) is 24.0 Å². The van der Waals surface area contributed by atoms with Crippen LogP contribution in [0.1, 0.15) is 5.69 Å². The molecule has 8 heteroatoms. The van der Waals surface area contributed by atoms with Gasteiger partial charge in [0.15, 0.2) is 4.34 Å². The van der Waals surface area contributed by atoms with Crippen molar-refractivity contribution in [2.45, 2.75) is 15.4 Å². The van der Waals surface area contributed by atoms with Crippen LogP contribution in [-0.2, 0) is 6.18 Å². The molecule has 0 aliphatic heterocycles. The third-order valence-corrected chi connectivity index (χ3v) is 3.75. The highest BCUT2D eigenvalue weighted by atomic mass is 32.2. The van der Waals surface area contributed by atoms with Gasteiger partial charge in [0.2, 0.25) is 0 Å². The molecule has 2 N–H and O–H groups in total. The molecule has 0 aromatic carbocycles. The molecule has 0 saturated heterocycles. The summed E-state index contributed by atoms with van der Waals surface area (Å²) in [5.74, 6) is 0. The zero-order chi connectivity index (χ0) is 12.5. The lowest BCUT2D eigenvalue weighted by molar-refractivity contribution is -0.141. The second kappa shape index (κ2) is 4.53. The number of nitrogens with two attached hydrogens (primary N) is 1. The van der Waals surface area contributed by atoms with Gasteiger partial charge < -0.3 is 5.73 Å². The number of hydrogen-bond acceptors (Lipinski definition) is 5. The quantitative estimate of drug-likeness (QED) is 0.915. The fourth-order valence-electron chi connectivity index (χ4n) is 1.05. The molecule has 0 radical (unpaired) electrons. The van der Waals surface area contributed by atoms with Gasteiger partial charge in [0.25, 0.3) is 0 Å². The normalized spacial score (nSPS) is 11.7. The van der Waals surface area contributed by atoms with E-state index in [1.165, 1.54) is 11.3 Å². The first-order chi connectivity index (χ1) is 7.97. The van der Waals surface area contributed by atoms with Crippen LogP contribution in [0.25, 0.3) is 0 Å². The minimum Gasteiger partial charge on any atom is -0.397 e. The summed E-state index contributed by atoms with van der Waals surface area (Å²) in [6, 6.07) is 0.932. The van der Waals surface area contributed by atoms with Crippen LogP contribution in [0.2, 0.25) is 0 Å². The van der Waals surface area contributed by atoms with E-state index < -0.39 is 11.9 Å². The summed E-state index contributed by atoms with van der Waals surface area (Å²) in [6.45, 7) is 0. The van der Waals surface area contributed by atoms with E-state index in [1.807, 2.05) is 0 Å². The van der Waals surface area contributed by atoms with Gasteiger partial charge in [-0.3, -0.25) is 0 Å². The molecule has 2 rings (SSSR count). The van der Waals surface area contributed by atoms with Gasteiger partial charge >= 0.3 is 6.18 Å². The highest BCUT2D eigenvalue weighted by Crippen LogP contribution is 2.36. The molecular formula is C9H6F3N3S2. The van der Waals surface area contributed by atoms with Crippen LogP contribution in [0, 0.1) is 0 Å². The molecule has 17 heavy (non-hydrogen) atoms. The summed E-state index contributed by atoms with van der Waals surface area (Å²) in [6.07, 6.45) is -1.88. The predicted molar refractivity (Wildman–Crippen MR) is 59.9 cm³/mol. The first-order valence-electron chi connectivity index (χ1n) is 4.37. The van der Waals surface area contributed by atoms with Crippen LogP contribution in [0.5, 0.6) is 0 Å². The standard InChI is InChI=1S/C9H6F3N3S2/c10-9(11,12)7-3-6(5(13)4-15-7)17-8-14-1-2-16-8/h1-4H,13H2. The van der Waals surface area contributed by atoms with Gasteiger partial charge in [0.05, 0.1) is 11.9 Å². The second-order valence-corrected chi connectivity index (χ2v) is 5.19. The largest absolute Gasteiger partial charge is 0.433 e. The van der Waals surface area contributed by atoms with Crippen molar-refractivity contribution >= 4 is 28.8 Å². The third-order valence-electron chi connectivity index (χ3n) is 1.79. The summed E-state index contributed by atoms with van der Waals surface area (Å²) in [4.78, 5) is 7.54. The van der Waals surface area contributed by atoms with Crippen molar-refractivity contribution in [2.24, 2.45) is 0 Å². The van der Waals surface area contributed by atoms with Crippen molar-refractivity contribution in [2.75, 3.05) is 5.73 Å². The van der Waals surface area contributed by atoms with Crippen molar-refractivity contribution in [1.82, 2.24) is 9.97 Å². The fourth-order valence-corrected chi connectivity index (χ4v) is 2.68. The van der Waals surface area contributed by atoms with Gasteiger partial charge in [-0.2, -0.15) is 13.2 Å².